The third-order valence-corrected chi connectivity index (χ3v) is 3.13. The molecule has 0 aromatic carbocycles. The minimum atomic E-state index is -1.24. The number of nitrogens with one attached hydrogen (secondary N) is 1. The van der Waals surface area contributed by atoms with Crippen molar-refractivity contribution < 1.29 is 24.9 Å². The Morgan fingerprint density at radius 3 is 2.75 bits per heavy atom. The van der Waals surface area contributed by atoms with Crippen LogP contribution in [0, 0.1) is 11.8 Å². The molecule has 1 amide bonds. The van der Waals surface area contributed by atoms with Crippen LogP contribution < -0.4 is 5.32 Å². The number of carbonyl (C=O) groups is 1. The normalized spacial score (nSPS) is 33.4. The second kappa shape index (κ2) is 5.64. The summed E-state index contributed by atoms with van der Waals surface area (Å²) in [5.41, 5.74) is 0.192. The monoisotopic (exact) mass is 280 g/mol. The van der Waals surface area contributed by atoms with Gasteiger partial charge in [-0.3, -0.25) is 4.79 Å². The summed E-state index contributed by atoms with van der Waals surface area (Å²) in [6.07, 6.45) is -2.91. The van der Waals surface area contributed by atoms with Crippen molar-refractivity contribution in [2.45, 2.75) is 31.5 Å². The molecular weight excluding hydrogens is 264 g/mol. The first-order valence-corrected chi connectivity index (χ1v) is 6.05. The van der Waals surface area contributed by atoms with Gasteiger partial charge in [0, 0.05) is 6.20 Å². The van der Waals surface area contributed by atoms with E-state index < -0.39 is 37.1 Å². The van der Waals surface area contributed by atoms with Crippen molar-refractivity contribution in [1.82, 2.24) is 10.2 Å². The van der Waals surface area contributed by atoms with Crippen LogP contribution in [0.2, 0.25) is 0 Å². The van der Waals surface area contributed by atoms with E-state index in [-0.39, 0.29) is 11.4 Å². The maximum atomic E-state index is 11.7. The van der Waals surface area contributed by atoms with Crippen LogP contribution in [-0.2, 0) is 9.53 Å². The van der Waals surface area contributed by atoms with Gasteiger partial charge in [0.15, 0.2) is 6.23 Å². The smallest absolute Gasteiger partial charge is 0.266 e. The zero-order valence-electron chi connectivity index (χ0n) is 10.9. The highest BCUT2D eigenvalue weighted by Gasteiger charge is 2.46. The van der Waals surface area contributed by atoms with Gasteiger partial charge in [0.1, 0.15) is 29.7 Å². The Labute approximate surface area is 116 Å². The summed E-state index contributed by atoms with van der Waals surface area (Å²) in [7, 11) is 0. The molecule has 0 spiro atoms. The molecule has 7 nitrogen and oxygen atoms in total. The maximum absolute atomic E-state index is 11.7. The molecule has 1 fully saturated rings. The average Bonchev–Trinajstić information content (AvgIpc) is 2.70. The zero-order valence-corrected chi connectivity index (χ0v) is 10.9. The average molecular weight is 280 g/mol. The number of rotatable bonds is 2. The van der Waals surface area contributed by atoms with E-state index in [4.69, 9.17) is 9.84 Å². The van der Waals surface area contributed by atoms with Gasteiger partial charge in [-0.05, 0) is 6.92 Å². The Morgan fingerprint density at radius 2 is 2.20 bits per heavy atom. The minimum absolute atomic E-state index is 0.192. The standard InChI is InChI=1S/C13H16N2O5/c1-3-4-8-5-15(7(2)14-12(8)19)13-11(18)10(17)9(6-16)20-13/h5,9-11,13,16-18H,2,6H2,1H3,(H,14,19)/t9-,10?,11?,13-/m1/s1. The number of carbonyl (C=O) groups excluding carboxylic acids is 1. The van der Waals surface area contributed by atoms with Crippen molar-refractivity contribution in [3.8, 4) is 11.8 Å². The zero-order chi connectivity index (χ0) is 14.9. The molecule has 2 aliphatic rings. The number of aliphatic hydroxyl groups excluding tert-OH is 3. The Morgan fingerprint density at radius 1 is 1.50 bits per heavy atom. The minimum Gasteiger partial charge on any atom is -0.394 e. The number of amides is 1. The van der Waals surface area contributed by atoms with Crippen LogP contribution in [0.3, 0.4) is 0 Å². The van der Waals surface area contributed by atoms with Crippen molar-refractivity contribution in [3.05, 3.63) is 24.2 Å². The van der Waals surface area contributed by atoms with Crippen molar-refractivity contribution in [3.63, 3.8) is 0 Å². The highest BCUT2D eigenvalue weighted by Crippen LogP contribution is 2.27. The summed E-state index contributed by atoms with van der Waals surface area (Å²) in [4.78, 5) is 13.0. The van der Waals surface area contributed by atoms with Crippen molar-refractivity contribution >= 4 is 5.91 Å². The van der Waals surface area contributed by atoms with Crippen molar-refractivity contribution in [1.29, 1.82) is 0 Å². The van der Waals surface area contributed by atoms with Crippen LogP contribution in [0.15, 0.2) is 24.2 Å². The van der Waals surface area contributed by atoms with Crippen LogP contribution in [0.25, 0.3) is 0 Å². The van der Waals surface area contributed by atoms with E-state index in [2.05, 4.69) is 23.7 Å². The Balaban J connectivity index is 2.29. The van der Waals surface area contributed by atoms with Gasteiger partial charge in [-0.1, -0.05) is 12.5 Å². The van der Waals surface area contributed by atoms with Crippen LogP contribution in [-0.4, -0.2) is 57.3 Å². The van der Waals surface area contributed by atoms with Crippen molar-refractivity contribution in [2.24, 2.45) is 0 Å². The van der Waals surface area contributed by atoms with Crippen LogP contribution in [0.1, 0.15) is 6.92 Å². The van der Waals surface area contributed by atoms with Gasteiger partial charge in [-0.15, -0.1) is 5.92 Å². The second-order valence-corrected chi connectivity index (χ2v) is 4.45. The number of nitrogens with zero attached hydrogens (tertiary/aromatic N) is 1. The fourth-order valence-corrected chi connectivity index (χ4v) is 2.10. The summed E-state index contributed by atoms with van der Waals surface area (Å²) in [5.74, 6) is 5.04. The summed E-state index contributed by atoms with van der Waals surface area (Å²) >= 11 is 0. The van der Waals surface area contributed by atoms with Gasteiger partial charge in [0.2, 0.25) is 0 Å². The fourth-order valence-electron chi connectivity index (χ4n) is 2.10. The van der Waals surface area contributed by atoms with E-state index in [1.54, 1.807) is 6.92 Å². The topological polar surface area (TPSA) is 102 Å². The molecule has 0 aromatic rings. The van der Waals surface area contributed by atoms with Crippen LogP contribution >= 0.6 is 0 Å². The lowest BCUT2D eigenvalue weighted by Crippen LogP contribution is -2.47. The van der Waals surface area contributed by atoms with Gasteiger partial charge in [-0.2, -0.15) is 0 Å². The number of ether oxygens (including phenoxy) is 1. The molecular formula is C13H16N2O5. The van der Waals surface area contributed by atoms with E-state index in [0.717, 1.165) is 0 Å². The van der Waals surface area contributed by atoms with Crippen LogP contribution in [0.5, 0.6) is 0 Å². The molecule has 0 aliphatic carbocycles. The molecule has 0 bridgehead atoms. The lowest BCUT2D eigenvalue weighted by atomic mass is 10.1. The molecule has 2 rings (SSSR count). The summed E-state index contributed by atoms with van der Waals surface area (Å²) in [6, 6.07) is 0. The molecule has 0 radical (unpaired) electrons. The van der Waals surface area contributed by atoms with E-state index in [9.17, 15) is 15.0 Å². The predicted octanol–water partition coefficient (Wildman–Crippen LogP) is -1.76. The summed E-state index contributed by atoms with van der Waals surface area (Å²) in [6.45, 7) is 4.83. The molecule has 4 atom stereocenters. The first kappa shape index (κ1) is 14.6. The Hall–Kier alpha value is -1.85. The summed E-state index contributed by atoms with van der Waals surface area (Å²) < 4.78 is 5.38. The number of hydrogen-bond donors (Lipinski definition) is 4. The van der Waals surface area contributed by atoms with Crippen molar-refractivity contribution in [2.75, 3.05) is 6.61 Å². The first-order valence-electron chi connectivity index (χ1n) is 6.05. The molecule has 0 aromatic heterocycles. The number of hydrogen-bond acceptors (Lipinski definition) is 6. The highest BCUT2D eigenvalue weighted by molar-refractivity contribution is 5.99. The van der Waals surface area contributed by atoms with Gasteiger partial charge in [0.25, 0.3) is 5.91 Å². The molecule has 7 heteroatoms. The largest absolute Gasteiger partial charge is 0.394 e. The lowest BCUT2D eigenvalue weighted by Gasteiger charge is -2.33. The molecule has 2 aliphatic heterocycles. The lowest BCUT2D eigenvalue weighted by molar-refractivity contribution is -0.119. The van der Waals surface area contributed by atoms with Gasteiger partial charge in [0.05, 0.1) is 6.61 Å². The van der Waals surface area contributed by atoms with E-state index >= 15 is 0 Å². The number of aliphatic hydroxyl groups is 3. The van der Waals surface area contributed by atoms with Gasteiger partial charge < -0.3 is 30.3 Å². The maximum Gasteiger partial charge on any atom is 0.266 e. The quantitative estimate of drug-likeness (QED) is 0.447. The highest BCUT2D eigenvalue weighted by atomic mass is 16.6. The van der Waals surface area contributed by atoms with Crippen LogP contribution in [0.4, 0.5) is 0 Å². The molecule has 4 N–H and O–H groups in total. The fraction of sp³-hybridized carbons (Fsp3) is 0.462. The van der Waals surface area contributed by atoms with E-state index in [0.29, 0.717) is 0 Å². The second-order valence-electron chi connectivity index (χ2n) is 4.45. The molecule has 1 saturated heterocycles. The summed E-state index contributed by atoms with van der Waals surface area (Å²) in [5, 5.41) is 31.3. The van der Waals surface area contributed by atoms with Gasteiger partial charge >= 0.3 is 0 Å². The predicted molar refractivity (Wildman–Crippen MR) is 68.4 cm³/mol. The first-order chi connectivity index (χ1) is 9.49. The van der Waals surface area contributed by atoms with Gasteiger partial charge in [-0.25, -0.2) is 0 Å². The SMILES string of the molecule is C=C1NC(=O)C(C#CC)=CN1[C@@H]1O[C@H](CO)C(O)C1O. The Bertz CT molecular complexity index is 519. The van der Waals surface area contributed by atoms with E-state index in [1.165, 1.54) is 11.1 Å². The third kappa shape index (κ3) is 2.42. The molecule has 2 heterocycles. The molecule has 108 valence electrons. The third-order valence-electron chi connectivity index (χ3n) is 3.13. The molecule has 2 unspecified atom stereocenters. The van der Waals surface area contributed by atoms with E-state index in [1.807, 2.05) is 0 Å². The Kier molecular flexibility index (Phi) is 4.11. The molecule has 0 saturated carbocycles. The molecule has 20 heavy (non-hydrogen) atoms.